The number of hydrogen-bond donors (Lipinski definition) is 1. The van der Waals surface area contributed by atoms with Gasteiger partial charge in [0.05, 0.1) is 16.9 Å². The first-order chi connectivity index (χ1) is 6.34. The van der Waals surface area contributed by atoms with Crippen molar-refractivity contribution in [1.82, 2.24) is 9.78 Å². The fourth-order valence-electron chi connectivity index (χ4n) is 1.91. The Morgan fingerprint density at radius 3 is 2.57 bits per heavy atom. The van der Waals surface area contributed by atoms with Gasteiger partial charge in [-0.2, -0.15) is 5.10 Å². The molecule has 4 heteroatoms. The fraction of sp³-hybridized carbons (Fsp3) is 0.700. The molecule has 0 aliphatic rings. The van der Waals surface area contributed by atoms with Crippen molar-refractivity contribution in [2.24, 2.45) is 13.0 Å². The lowest BCUT2D eigenvalue weighted by Gasteiger charge is -2.25. The Bertz CT molecular complexity index is 298. The van der Waals surface area contributed by atoms with Gasteiger partial charge in [-0.3, -0.25) is 4.68 Å². The van der Waals surface area contributed by atoms with Crippen LogP contribution in [0.15, 0.2) is 6.20 Å². The van der Waals surface area contributed by atoms with E-state index in [0.29, 0.717) is 23.1 Å². The van der Waals surface area contributed by atoms with E-state index < -0.39 is 5.60 Å². The Morgan fingerprint density at radius 1 is 1.64 bits per heavy atom. The molecule has 0 spiro atoms. The van der Waals surface area contributed by atoms with E-state index >= 15 is 0 Å². The third kappa shape index (κ3) is 2.28. The molecule has 0 bridgehead atoms. The summed E-state index contributed by atoms with van der Waals surface area (Å²) >= 11 is 5.97. The van der Waals surface area contributed by atoms with Gasteiger partial charge in [0.25, 0.3) is 0 Å². The largest absolute Gasteiger partial charge is 0.384 e. The van der Waals surface area contributed by atoms with E-state index in [1.807, 2.05) is 0 Å². The van der Waals surface area contributed by atoms with Gasteiger partial charge in [-0.05, 0) is 19.3 Å². The van der Waals surface area contributed by atoms with Crippen molar-refractivity contribution in [2.45, 2.75) is 32.8 Å². The summed E-state index contributed by atoms with van der Waals surface area (Å²) in [5.41, 5.74) is -0.218. The molecule has 0 aromatic carbocycles. The van der Waals surface area contributed by atoms with Crippen molar-refractivity contribution in [3.8, 4) is 0 Å². The second-order valence-electron chi connectivity index (χ2n) is 4.34. The Labute approximate surface area is 89.7 Å². The van der Waals surface area contributed by atoms with Crippen molar-refractivity contribution >= 4 is 11.6 Å². The van der Waals surface area contributed by atoms with Crippen LogP contribution in [0.1, 0.15) is 32.9 Å². The SMILES string of the molecule is CC(C)CC(C)(O)c1c(Cl)cnn1C. The van der Waals surface area contributed by atoms with Crippen LogP contribution in [0.4, 0.5) is 0 Å². The molecule has 1 atom stereocenters. The lowest BCUT2D eigenvalue weighted by molar-refractivity contribution is 0.0270. The maximum absolute atomic E-state index is 10.3. The van der Waals surface area contributed by atoms with Crippen molar-refractivity contribution < 1.29 is 5.11 Å². The molecule has 1 unspecified atom stereocenters. The van der Waals surface area contributed by atoms with Crippen LogP contribution < -0.4 is 0 Å². The van der Waals surface area contributed by atoms with Crippen LogP contribution in [0.2, 0.25) is 5.02 Å². The highest BCUT2D eigenvalue weighted by atomic mass is 35.5. The minimum Gasteiger partial charge on any atom is -0.384 e. The summed E-state index contributed by atoms with van der Waals surface area (Å²) in [6, 6.07) is 0. The maximum atomic E-state index is 10.3. The number of nitrogens with zero attached hydrogens (tertiary/aromatic N) is 2. The molecule has 1 aromatic heterocycles. The Morgan fingerprint density at radius 2 is 2.21 bits per heavy atom. The van der Waals surface area contributed by atoms with Crippen LogP contribution in [0.25, 0.3) is 0 Å². The molecule has 0 aliphatic carbocycles. The monoisotopic (exact) mass is 216 g/mol. The number of hydrogen-bond acceptors (Lipinski definition) is 2. The highest BCUT2D eigenvalue weighted by molar-refractivity contribution is 6.31. The summed E-state index contributed by atoms with van der Waals surface area (Å²) in [5, 5.41) is 14.8. The fourth-order valence-corrected chi connectivity index (χ4v) is 2.28. The molecule has 0 amide bonds. The molecule has 0 aliphatic heterocycles. The predicted octanol–water partition coefficient (Wildman–Crippen LogP) is 2.33. The molecule has 80 valence electrons. The molecule has 1 N–H and O–H groups in total. The molecular formula is C10H17ClN2O. The van der Waals surface area contributed by atoms with Crippen molar-refractivity contribution in [3.63, 3.8) is 0 Å². The lowest BCUT2D eigenvalue weighted by atomic mass is 9.91. The number of aromatic nitrogens is 2. The third-order valence-corrected chi connectivity index (χ3v) is 2.49. The highest BCUT2D eigenvalue weighted by Gasteiger charge is 2.30. The molecule has 3 nitrogen and oxygen atoms in total. The average Bonchev–Trinajstić information content (AvgIpc) is 2.27. The van der Waals surface area contributed by atoms with Gasteiger partial charge in [0.1, 0.15) is 5.60 Å². The summed E-state index contributed by atoms with van der Waals surface area (Å²) in [5.74, 6) is 0.413. The van der Waals surface area contributed by atoms with Crippen molar-refractivity contribution in [1.29, 1.82) is 0 Å². The number of aryl methyl sites for hydroxylation is 1. The van der Waals surface area contributed by atoms with Gasteiger partial charge in [0.2, 0.25) is 0 Å². The van der Waals surface area contributed by atoms with E-state index in [1.54, 1.807) is 24.9 Å². The predicted molar refractivity (Wildman–Crippen MR) is 57.2 cm³/mol. The van der Waals surface area contributed by atoms with Gasteiger partial charge in [-0.15, -0.1) is 0 Å². The Balaban J connectivity index is 3.02. The van der Waals surface area contributed by atoms with Crippen LogP contribution in [0, 0.1) is 5.92 Å². The van der Waals surface area contributed by atoms with Crippen LogP contribution in [-0.4, -0.2) is 14.9 Å². The Kier molecular flexibility index (Phi) is 3.22. The summed E-state index contributed by atoms with van der Waals surface area (Å²) in [6.07, 6.45) is 2.23. The van der Waals surface area contributed by atoms with Gasteiger partial charge in [-0.25, -0.2) is 0 Å². The standard InChI is InChI=1S/C10H17ClN2O/c1-7(2)5-10(3,14)9-8(11)6-12-13(9)4/h6-7,14H,5H2,1-4H3. The van der Waals surface area contributed by atoms with Gasteiger partial charge < -0.3 is 5.11 Å². The van der Waals surface area contributed by atoms with Gasteiger partial charge >= 0.3 is 0 Å². The van der Waals surface area contributed by atoms with Gasteiger partial charge in [0, 0.05) is 7.05 Å². The molecule has 1 heterocycles. The van der Waals surface area contributed by atoms with Crippen molar-refractivity contribution in [3.05, 3.63) is 16.9 Å². The maximum Gasteiger partial charge on any atom is 0.105 e. The minimum absolute atomic E-state index is 0.413. The zero-order valence-electron chi connectivity index (χ0n) is 9.08. The van der Waals surface area contributed by atoms with Crippen LogP contribution in [0.5, 0.6) is 0 Å². The summed E-state index contributed by atoms with van der Waals surface area (Å²) < 4.78 is 1.63. The summed E-state index contributed by atoms with van der Waals surface area (Å²) in [7, 11) is 1.79. The van der Waals surface area contributed by atoms with Gasteiger partial charge in [0.15, 0.2) is 0 Å². The first kappa shape index (κ1) is 11.5. The van der Waals surface area contributed by atoms with Crippen LogP contribution in [-0.2, 0) is 12.6 Å². The molecule has 0 saturated carbocycles. The summed E-state index contributed by atoms with van der Waals surface area (Å²) in [6.45, 7) is 5.91. The quantitative estimate of drug-likeness (QED) is 0.842. The zero-order chi connectivity index (χ0) is 10.9. The molecule has 14 heavy (non-hydrogen) atoms. The second kappa shape index (κ2) is 3.91. The molecule has 0 saturated heterocycles. The van der Waals surface area contributed by atoms with E-state index in [9.17, 15) is 5.11 Å². The number of halogens is 1. The van der Waals surface area contributed by atoms with E-state index in [0.717, 1.165) is 0 Å². The third-order valence-electron chi connectivity index (χ3n) is 2.21. The van der Waals surface area contributed by atoms with E-state index in [4.69, 9.17) is 11.6 Å². The van der Waals surface area contributed by atoms with Crippen molar-refractivity contribution in [2.75, 3.05) is 0 Å². The lowest BCUT2D eigenvalue weighted by Crippen LogP contribution is -2.26. The normalized spacial score (nSPS) is 15.9. The summed E-state index contributed by atoms with van der Waals surface area (Å²) in [4.78, 5) is 0. The van der Waals surface area contributed by atoms with Crippen LogP contribution >= 0.6 is 11.6 Å². The number of rotatable bonds is 3. The average molecular weight is 217 g/mol. The van der Waals surface area contributed by atoms with E-state index in [1.165, 1.54) is 0 Å². The number of aliphatic hydroxyl groups is 1. The second-order valence-corrected chi connectivity index (χ2v) is 4.74. The topological polar surface area (TPSA) is 38.1 Å². The van der Waals surface area contributed by atoms with E-state index in [-0.39, 0.29) is 0 Å². The Hall–Kier alpha value is -0.540. The van der Waals surface area contributed by atoms with Crippen LogP contribution in [0.3, 0.4) is 0 Å². The first-order valence-corrected chi connectivity index (χ1v) is 5.12. The van der Waals surface area contributed by atoms with E-state index in [2.05, 4.69) is 18.9 Å². The highest BCUT2D eigenvalue weighted by Crippen LogP contribution is 2.32. The zero-order valence-corrected chi connectivity index (χ0v) is 9.84. The molecule has 1 aromatic rings. The first-order valence-electron chi connectivity index (χ1n) is 4.75. The molecular weight excluding hydrogens is 200 g/mol. The smallest absolute Gasteiger partial charge is 0.105 e. The minimum atomic E-state index is -0.906. The molecule has 1 rings (SSSR count). The molecule has 0 radical (unpaired) electrons. The van der Waals surface area contributed by atoms with Gasteiger partial charge in [-0.1, -0.05) is 25.4 Å². The molecule has 0 fully saturated rings.